The number of nitrogens with two attached hydrogens (primary N) is 1. The molecule has 0 atom stereocenters. The first-order valence-corrected chi connectivity index (χ1v) is 5.60. The average Bonchev–Trinajstić information content (AvgIpc) is 3.07. The zero-order valence-corrected chi connectivity index (χ0v) is 9.66. The predicted molar refractivity (Wildman–Crippen MR) is 61.1 cm³/mol. The molecule has 1 aromatic carbocycles. The quantitative estimate of drug-likeness (QED) is 0.836. The minimum atomic E-state index is -2.83. The minimum absolute atomic E-state index is 0.0950. The van der Waals surface area contributed by atoms with Gasteiger partial charge in [-0.15, -0.1) is 0 Å². The van der Waals surface area contributed by atoms with E-state index in [1.54, 1.807) is 12.1 Å². The molecule has 1 aromatic rings. The molecule has 2 rings (SSSR count). The molecular formula is C12H14F2N2O2. The van der Waals surface area contributed by atoms with Crippen LogP contribution >= 0.6 is 0 Å². The summed E-state index contributed by atoms with van der Waals surface area (Å²) in [5, 5.41) is 2.71. The third-order valence-electron chi connectivity index (χ3n) is 2.84. The predicted octanol–water partition coefficient (Wildman–Crippen LogP) is 1.40. The summed E-state index contributed by atoms with van der Waals surface area (Å²) in [6.45, 7) is -2.50. The lowest BCUT2D eigenvalue weighted by Crippen LogP contribution is -2.42. The first-order valence-electron chi connectivity index (χ1n) is 5.60. The molecule has 0 aromatic heterocycles. The van der Waals surface area contributed by atoms with Gasteiger partial charge in [0.2, 0.25) is 5.91 Å². The monoisotopic (exact) mass is 256 g/mol. The standard InChI is InChI=1S/C12H14F2N2O2/c13-11(14)18-9-3-1-8(2-4-9)7-16-10(17)12(15)5-6-12/h1-4,11H,5-7,15H2,(H,16,17). The second-order valence-electron chi connectivity index (χ2n) is 4.36. The number of carbonyl (C=O) groups is 1. The average molecular weight is 256 g/mol. The molecule has 1 amide bonds. The lowest BCUT2D eigenvalue weighted by Gasteiger charge is -2.10. The van der Waals surface area contributed by atoms with Gasteiger partial charge in [-0.2, -0.15) is 8.78 Å². The highest BCUT2D eigenvalue weighted by Gasteiger charge is 2.45. The van der Waals surface area contributed by atoms with Crippen molar-refractivity contribution in [3.05, 3.63) is 29.8 Å². The van der Waals surface area contributed by atoms with Gasteiger partial charge in [0.25, 0.3) is 0 Å². The van der Waals surface area contributed by atoms with E-state index in [0.29, 0.717) is 19.4 Å². The number of ether oxygens (including phenoxy) is 1. The van der Waals surface area contributed by atoms with Gasteiger partial charge in [0.05, 0.1) is 5.54 Å². The lowest BCUT2D eigenvalue weighted by molar-refractivity contribution is -0.123. The topological polar surface area (TPSA) is 64.4 Å². The van der Waals surface area contributed by atoms with Crippen LogP contribution in [0.3, 0.4) is 0 Å². The molecule has 6 heteroatoms. The Kier molecular flexibility index (Phi) is 3.47. The van der Waals surface area contributed by atoms with E-state index in [4.69, 9.17) is 5.73 Å². The van der Waals surface area contributed by atoms with Crippen molar-refractivity contribution in [2.45, 2.75) is 31.5 Å². The summed E-state index contributed by atoms with van der Waals surface area (Å²) in [6, 6.07) is 6.11. The van der Waals surface area contributed by atoms with Gasteiger partial charge in [0.15, 0.2) is 0 Å². The number of hydrogen-bond donors (Lipinski definition) is 2. The molecule has 18 heavy (non-hydrogen) atoms. The van der Waals surface area contributed by atoms with E-state index in [1.165, 1.54) is 12.1 Å². The maximum absolute atomic E-state index is 11.9. The van der Waals surface area contributed by atoms with Crippen molar-refractivity contribution in [1.29, 1.82) is 0 Å². The van der Waals surface area contributed by atoms with Gasteiger partial charge < -0.3 is 15.8 Å². The van der Waals surface area contributed by atoms with Crippen LogP contribution in [0.15, 0.2) is 24.3 Å². The number of amides is 1. The molecular weight excluding hydrogens is 242 g/mol. The molecule has 0 bridgehead atoms. The van der Waals surface area contributed by atoms with E-state index in [-0.39, 0.29) is 11.7 Å². The summed E-state index contributed by atoms with van der Waals surface area (Å²) in [6.07, 6.45) is 1.42. The van der Waals surface area contributed by atoms with Crippen molar-refractivity contribution in [1.82, 2.24) is 5.32 Å². The number of alkyl halides is 2. The SMILES string of the molecule is NC1(C(=O)NCc2ccc(OC(F)F)cc2)CC1. The van der Waals surface area contributed by atoms with Gasteiger partial charge in [0.1, 0.15) is 5.75 Å². The zero-order chi connectivity index (χ0) is 13.2. The third-order valence-corrected chi connectivity index (χ3v) is 2.84. The van der Waals surface area contributed by atoms with Crippen LogP contribution in [-0.2, 0) is 11.3 Å². The molecule has 1 aliphatic rings. The molecule has 0 saturated heterocycles. The van der Waals surface area contributed by atoms with Crippen LogP contribution < -0.4 is 15.8 Å². The Balaban J connectivity index is 1.84. The Labute approximate surface area is 103 Å². The molecule has 1 aliphatic carbocycles. The van der Waals surface area contributed by atoms with Crippen molar-refractivity contribution in [3.8, 4) is 5.75 Å². The fourth-order valence-electron chi connectivity index (χ4n) is 1.51. The Bertz CT molecular complexity index is 430. The molecule has 1 fully saturated rings. The molecule has 0 unspecified atom stereocenters. The highest BCUT2D eigenvalue weighted by atomic mass is 19.3. The van der Waals surface area contributed by atoms with Crippen LogP contribution in [-0.4, -0.2) is 18.1 Å². The zero-order valence-electron chi connectivity index (χ0n) is 9.66. The van der Waals surface area contributed by atoms with E-state index in [1.807, 2.05) is 0 Å². The van der Waals surface area contributed by atoms with Crippen LogP contribution in [0.2, 0.25) is 0 Å². The maximum Gasteiger partial charge on any atom is 0.387 e. The van der Waals surface area contributed by atoms with E-state index in [0.717, 1.165) is 5.56 Å². The number of rotatable bonds is 5. The van der Waals surface area contributed by atoms with Gasteiger partial charge in [0, 0.05) is 6.54 Å². The molecule has 4 nitrogen and oxygen atoms in total. The largest absolute Gasteiger partial charge is 0.435 e. The van der Waals surface area contributed by atoms with Crippen LogP contribution in [0.1, 0.15) is 18.4 Å². The highest BCUT2D eigenvalue weighted by molar-refractivity contribution is 5.88. The van der Waals surface area contributed by atoms with Crippen LogP contribution in [0.25, 0.3) is 0 Å². The highest BCUT2D eigenvalue weighted by Crippen LogP contribution is 2.32. The van der Waals surface area contributed by atoms with E-state index < -0.39 is 12.2 Å². The summed E-state index contributed by atoms with van der Waals surface area (Å²) in [5.74, 6) is -0.0760. The van der Waals surface area contributed by atoms with E-state index in [9.17, 15) is 13.6 Å². The summed E-state index contributed by atoms with van der Waals surface area (Å²) in [5.41, 5.74) is 5.82. The smallest absolute Gasteiger partial charge is 0.387 e. The first kappa shape index (κ1) is 12.8. The fourth-order valence-corrected chi connectivity index (χ4v) is 1.51. The number of halogens is 2. The van der Waals surface area contributed by atoms with Crippen molar-refractivity contribution in [3.63, 3.8) is 0 Å². The molecule has 98 valence electrons. The van der Waals surface area contributed by atoms with E-state index >= 15 is 0 Å². The normalized spacial score (nSPS) is 16.4. The van der Waals surface area contributed by atoms with Crippen LogP contribution in [0, 0.1) is 0 Å². The Hall–Kier alpha value is -1.69. The Morgan fingerprint density at radius 2 is 2.00 bits per heavy atom. The van der Waals surface area contributed by atoms with Gasteiger partial charge in [-0.3, -0.25) is 4.79 Å². The van der Waals surface area contributed by atoms with Crippen molar-refractivity contribution in [2.75, 3.05) is 0 Å². The summed E-state index contributed by atoms with van der Waals surface area (Å²) in [7, 11) is 0. The number of benzene rings is 1. The van der Waals surface area contributed by atoms with Crippen LogP contribution in [0.5, 0.6) is 5.75 Å². The van der Waals surface area contributed by atoms with Gasteiger partial charge in [-0.25, -0.2) is 0 Å². The van der Waals surface area contributed by atoms with Gasteiger partial charge in [-0.05, 0) is 30.5 Å². The van der Waals surface area contributed by atoms with Crippen molar-refractivity contribution >= 4 is 5.91 Å². The molecule has 3 N–H and O–H groups in total. The van der Waals surface area contributed by atoms with Crippen LogP contribution in [0.4, 0.5) is 8.78 Å². The maximum atomic E-state index is 11.9. The van der Waals surface area contributed by atoms with Gasteiger partial charge in [-0.1, -0.05) is 12.1 Å². The molecule has 0 radical (unpaired) electrons. The molecule has 0 aliphatic heterocycles. The third kappa shape index (κ3) is 3.16. The lowest BCUT2D eigenvalue weighted by atomic mass is 10.2. The fraction of sp³-hybridized carbons (Fsp3) is 0.417. The van der Waals surface area contributed by atoms with Crippen molar-refractivity contribution in [2.24, 2.45) is 5.73 Å². The molecule has 1 saturated carbocycles. The van der Waals surface area contributed by atoms with Crippen molar-refractivity contribution < 1.29 is 18.3 Å². The number of hydrogen-bond acceptors (Lipinski definition) is 3. The Morgan fingerprint density at radius 3 is 2.50 bits per heavy atom. The summed E-state index contributed by atoms with van der Waals surface area (Å²) >= 11 is 0. The Morgan fingerprint density at radius 1 is 1.39 bits per heavy atom. The minimum Gasteiger partial charge on any atom is -0.435 e. The summed E-state index contributed by atoms with van der Waals surface area (Å²) in [4.78, 5) is 11.6. The first-order chi connectivity index (χ1) is 8.49. The second-order valence-corrected chi connectivity index (χ2v) is 4.36. The number of carbonyl (C=O) groups excluding carboxylic acids is 1. The van der Waals surface area contributed by atoms with Gasteiger partial charge >= 0.3 is 6.61 Å². The number of nitrogens with one attached hydrogen (secondary N) is 1. The van der Waals surface area contributed by atoms with E-state index in [2.05, 4.69) is 10.1 Å². The molecule has 0 spiro atoms. The second kappa shape index (κ2) is 4.89. The molecule has 0 heterocycles. The summed E-state index contributed by atoms with van der Waals surface area (Å²) < 4.78 is 28.1.